The van der Waals surface area contributed by atoms with Crippen molar-refractivity contribution in [1.82, 2.24) is 9.88 Å². The molecule has 2 aromatic heterocycles. The first kappa shape index (κ1) is 19.4. The second-order valence-electron chi connectivity index (χ2n) is 7.54. The Morgan fingerprint density at radius 1 is 1.21 bits per heavy atom. The molecule has 1 saturated heterocycles. The van der Waals surface area contributed by atoms with Gasteiger partial charge in [0.25, 0.3) is 0 Å². The Morgan fingerprint density at radius 2 is 2.04 bits per heavy atom. The number of thiophene rings is 1. The van der Waals surface area contributed by atoms with Gasteiger partial charge in [0.15, 0.2) is 0 Å². The minimum atomic E-state index is -0.924. The van der Waals surface area contributed by atoms with Crippen molar-refractivity contribution in [3.8, 4) is 10.6 Å². The zero-order valence-electron chi connectivity index (χ0n) is 16.0. The molecule has 2 aliphatic rings. The summed E-state index contributed by atoms with van der Waals surface area (Å²) in [5.74, 6) is -0.924. The van der Waals surface area contributed by atoms with E-state index in [-0.39, 0.29) is 6.03 Å². The maximum absolute atomic E-state index is 13.0. The van der Waals surface area contributed by atoms with Gasteiger partial charge in [-0.1, -0.05) is 6.42 Å². The van der Waals surface area contributed by atoms with Crippen molar-refractivity contribution in [1.29, 1.82) is 0 Å². The van der Waals surface area contributed by atoms with E-state index in [0.29, 0.717) is 13.0 Å². The number of fused-ring (bicyclic) bond motifs is 1. The number of thiazole rings is 1. The number of nitrogens with zero attached hydrogens (tertiary/aromatic N) is 2. The maximum Gasteiger partial charge on any atom is 0.326 e. The zero-order valence-corrected chi connectivity index (χ0v) is 17.6. The standard InChI is InChI=1S/C20H25N3O3S2/c1-12-11-27-17(21-12)16-13-7-3-2-4-9-15(13)28-18(16)22-20(26)23-10-6-5-8-14(23)19(24)25/h11,14H,2-10H2,1H3,(H,22,26)(H,24,25)/t14-/m1/s1. The molecular weight excluding hydrogens is 394 g/mol. The third-order valence-electron chi connectivity index (χ3n) is 5.52. The fraction of sp³-hybridized carbons (Fsp3) is 0.550. The second-order valence-corrected chi connectivity index (χ2v) is 9.50. The number of nitrogens with one attached hydrogen (secondary N) is 1. The van der Waals surface area contributed by atoms with E-state index in [0.717, 1.165) is 53.4 Å². The minimum absolute atomic E-state index is 0.307. The van der Waals surface area contributed by atoms with E-state index in [1.165, 1.54) is 28.2 Å². The molecule has 2 amide bonds. The van der Waals surface area contributed by atoms with Crippen LogP contribution in [0.25, 0.3) is 10.6 Å². The smallest absolute Gasteiger partial charge is 0.326 e. The summed E-state index contributed by atoms with van der Waals surface area (Å²) >= 11 is 3.25. The first-order chi connectivity index (χ1) is 13.5. The molecule has 1 aliphatic carbocycles. The normalized spacial score (nSPS) is 19.8. The summed E-state index contributed by atoms with van der Waals surface area (Å²) < 4.78 is 0. The molecule has 0 unspecified atom stereocenters. The summed E-state index contributed by atoms with van der Waals surface area (Å²) in [6.45, 7) is 2.47. The van der Waals surface area contributed by atoms with Crippen molar-refractivity contribution in [2.45, 2.75) is 64.3 Å². The number of aliphatic carboxylic acids is 1. The fourth-order valence-electron chi connectivity index (χ4n) is 4.13. The van der Waals surface area contributed by atoms with Gasteiger partial charge in [0.1, 0.15) is 16.1 Å². The number of carbonyl (C=O) groups is 2. The Bertz CT molecular complexity index is 889. The van der Waals surface area contributed by atoms with Gasteiger partial charge in [-0.15, -0.1) is 22.7 Å². The molecule has 0 bridgehead atoms. The van der Waals surface area contributed by atoms with Crippen molar-refractivity contribution in [2.75, 3.05) is 11.9 Å². The summed E-state index contributed by atoms with van der Waals surface area (Å²) in [7, 11) is 0. The topological polar surface area (TPSA) is 82.5 Å². The molecule has 0 saturated carbocycles. The highest BCUT2D eigenvalue weighted by molar-refractivity contribution is 7.18. The number of anilines is 1. The lowest BCUT2D eigenvalue weighted by atomic mass is 10.0. The van der Waals surface area contributed by atoms with E-state index < -0.39 is 12.0 Å². The number of aryl methyl sites for hydroxylation is 2. The Hall–Kier alpha value is -1.93. The summed E-state index contributed by atoms with van der Waals surface area (Å²) in [5.41, 5.74) is 3.35. The predicted molar refractivity (Wildman–Crippen MR) is 112 cm³/mol. The highest BCUT2D eigenvalue weighted by Gasteiger charge is 2.33. The van der Waals surface area contributed by atoms with E-state index in [4.69, 9.17) is 0 Å². The molecule has 1 fully saturated rings. The third-order valence-corrected chi connectivity index (χ3v) is 7.71. The van der Waals surface area contributed by atoms with Crippen LogP contribution in [0.5, 0.6) is 0 Å². The monoisotopic (exact) mass is 419 g/mol. The largest absolute Gasteiger partial charge is 0.480 e. The van der Waals surface area contributed by atoms with Crippen LogP contribution >= 0.6 is 22.7 Å². The van der Waals surface area contributed by atoms with Crippen LogP contribution in [0.4, 0.5) is 9.80 Å². The highest BCUT2D eigenvalue weighted by Crippen LogP contribution is 2.44. The Balaban J connectivity index is 1.67. The number of rotatable bonds is 3. The van der Waals surface area contributed by atoms with E-state index in [1.54, 1.807) is 22.7 Å². The number of hydrogen-bond acceptors (Lipinski definition) is 5. The molecule has 6 nitrogen and oxygen atoms in total. The van der Waals surface area contributed by atoms with Gasteiger partial charge >= 0.3 is 12.0 Å². The van der Waals surface area contributed by atoms with Crippen molar-refractivity contribution in [3.05, 3.63) is 21.5 Å². The van der Waals surface area contributed by atoms with Crippen molar-refractivity contribution < 1.29 is 14.7 Å². The number of carboxylic acid groups (broad SMARTS) is 1. The molecule has 4 rings (SSSR count). The van der Waals surface area contributed by atoms with Crippen molar-refractivity contribution in [2.24, 2.45) is 0 Å². The Morgan fingerprint density at radius 3 is 2.79 bits per heavy atom. The highest BCUT2D eigenvalue weighted by atomic mass is 32.1. The molecule has 0 spiro atoms. The number of hydrogen-bond donors (Lipinski definition) is 2. The van der Waals surface area contributed by atoms with Crippen LogP contribution in [0.3, 0.4) is 0 Å². The van der Waals surface area contributed by atoms with Crippen LogP contribution in [0.15, 0.2) is 5.38 Å². The van der Waals surface area contributed by atoms with Gasteiger partial charge in [0.2, 0.25) is 0 Å². The van der Waals surface area contributed by atoms with E-state index in [2.05, 4.69) is 10.3 Å². The van der Waals surface area contributed by atoms with Crippen molar-refractivity contribution >= 4 is 39.7 Å². The number of piperidine rings is 1. The van der Waals surface area contributed by atoms with Crippen LogP contribution in [0.2, 0.25) is 0 Å². The SMILES string of the molecule is Cc1csc(-c2c(NC(=O)N3CCCC[C@@H]3C(=O)O)sc3c2CCCCC3)n1. The van der Waals surface area contributed by atoms with Gasteiger partial charge < -0.3 is 10.0 Å². The van der Waals surface area contributed by atoms with Crippen LogP contribution < -0.4 is 5.32 Å². The minimum Gasteiger partial charge on any atom is -0.480 e. The second kappa shape index (κ2) is 8.21. The molecule has 8 heteroatoms. The number of aromatic nitrogens is 1. The van der Waals surface area contributed by atoms with E-state index in [1.807, 2.05) is 12.3 Å². The molecule has 3 heterocycles. The zero-order chi connectivity index (χ0) is 19.7. The lowest BCUT2D eigenvalue weighted by Crippen LogP contribution is -2.49. The van der Waals surface area contributed by atoms with Crippen LogP contribution in [-0.4, -0.2) is 39.6 Å². The molecular formula is C20H25N3O3S2. The lowest BCUT2D eigenvalue weighted by molar-refractivity contribution is -0.143. The van der Waals surface area contributed by atoms with E-state index in [9.17, 15) is 14.7 Å². The fourth-order valence-corrected chi connectivity index (χ4v) is 6.35. The van der Waals surface area contributed by atoms with Gasteiger partial charge in [-0.05, 0) is 57.4 Å². The quantitative estimate of drug-likeness (QED) is 0.692. The maximum atomic E-state index is 13.0. The molecule has 2 N–H and O–H groups in total. The Labute approximate surface area is 172 Å². The first-order valence-corrected chi connectivity index (χ1v) is 11.6. The molecule has 28 heavy (non-hydrogen) atoms. The number of urea groups is 1. The number of carboxylic acids is 1. The average molecular weight is 420 g/mol. The van der Waals surface area contributed by atoms with E-state index >= 15 is 0 Å². The third kappa shape index (κ3) is 3.80. The molecule has 1 atom stereocenters. The van der Waals surface area contributed by atoms with Gasteiger partial charge in [-0.25, -0.2) is 14.6 Å². The Kier molecular flexibility index (Phi) is 5.68. The summed E-state index contributed by atoms with van der Waals surface area (Å²) in [5, 5.41) is 16.4. The molecule has 0 radical (unpaired) electrons. The summed E-state index contributed by atoms with van der Waals surface area (Å²) in [4.78, 5) is 32.1. The van der Waals surface area contributed by atoms with Gasteiger partial charge in [0.05, 0.1) is 0 Å². The van der Waals surface area contributed by atoms with Gasteiger partial charge in [0, 0.05) is 28.1 Å². The predicted octanol–water partition coefficient (Wildman–Crippen LogP) is 4.92. The van der Waals surface area contributed by atoms with Crippen LogP contribution in [-0.2, 0) is 17.6 Å². The molecule has 150 valence electrons. The molecule has 0 aromatic carbocycles. The van der Waals surface area contributed by atoms with Crippen LogP contribution in [0, 0.1) is 6.92 Å². The summed E-state index contributed by atoms with van der Waals surface area (Å²) in [6, 6.07) is -1.05. The molecule has 1 aliphatic heterocycles. The van der Waals surface area contributed by atoms with Gasteiger partial charge in [-0.3, -0.25) is 5.32 Å². The molecule has 2 aromatic rings. The average Bonchev–Trinajstić information content (AvgIpc) is 3.16. The van der Waals surface area contributed by atoms with Crippen molar-refractivity contribution in [3.63, 3.8) is 0 Å². The summed E-state index contributed by atoms with van der Waals surface area (Å²) in [6.07, 6.45) is 7.81. The lowest BCUT2D eigenvalue weighted by Gasteiger charge is -2.32. The first-order valence-electron chi connectivity index (χ1n) is 9.92. The van der Waals surface area contributed by atoms with Crippen LogP contribution in [0.1, 0.15) is 54.7 Å². The number of amides is 2. The number of likely N-dealkylation sites (tertiary alicyclic amines) is 1. The van der Waals surface area contributed by atoms with Gasteiger partial charge in [-0.2, -0.15) is 0 Å². The number of carbonyl (C=O) groups excluding carboxylic acids is 1.